The Morgan fingerprint density at radius 3 is 2.39 bits per heavy atom. The van der Waals surface area contributed by atoms with Gasteiger partial charge < -0.3 is 4.90 Å². The van der Waals surface area contributed by atoms with E-state index in [2.05, 4.69) is 0 Å². The number of hydrogen-bond donors (Lipinski definition) is 0. The van der Waals surface area contributed by atoms with Crippen LogP contribution in [0.4, 0.5) is 0 Å². The van der Waals surface area contributed by atoms with E-state index in [0.717, 1.165) is 5.56 Å². The number of carbonyl (C=O) groups is 2. The first-order valence-corrected chi connectivity index (χ1v) is 6.27. The largest absolute Gasteiger partial charge is 0.327 e. The SMILES string of the molecule is CC(C)(C)C(=O)N1CC(=O)CC1c1ccccc1. The highest BCUT2D eigenvalue weighted by Crippen LogP contribution is 2.33. The molecule has 1 heterocycles. The summed E-state index contributed by atoms with van der Waals surface area (Å²) in [5.74, 6) is 0.184. The van der Waals surface area contributed by atoms with Crippen LogP contribution in [0.25, 0.3) is 0 Å². The lowest BCUT2D eigenvalue weighted by Crippen LogP contribution is -2.39. The summed E-state index contributed by atoms with van der Waals surface area (Å²) in [6.45, 7) is 5.91. The summed E-state index contributed by atoms with van der Waals surface area (Å²) >= 11 is 0. The van der Waals surface area contributed by atoms with E-state index in [-0.39, 0.29) is 24.3 Å². The molecular formula is C15H19NO2. The summed E-state index contributed by atoms with van der Waals surface area (Å²) in [5, 5.41) is 0. The Morgan fingerprint density at radius 1 is 1.22 bits per heavy atom. The molecule has 1 aromatic rings. The number of ketones is 1. The van der Waals surface area contributed by atoms with E-state index in [1.54, 1.807) is 4.90 Å². The first-order valence-electron chi connectivity index (χ1n) is 6.27. The van der Waals surface area contributed by atoms with E-state index in [1.807, 2.05) is 51.1 Å². The van der Waals surface area contributed by atoms with E-state index >= 15 is 0 Å². The smallest absolute Gasteiger partial charge is 0.228 e. The van der Waals surface area contributed by atoms with Gasteiger partial charge in [-0.15, -0.1) is 0 Å². The quantitative estimate of drug-likeness (QED) is 0.762. The minimum Gasteiger partial charge on any atom is -0.327 e. The number of rotatable bonds is 1. The molecule has 3 nitrogen and oxygen atoms in total. The zero-order chi connectivity index (χ0) is 13.3. The molecule has 0 radical (unpaired) electrons. The fourth-order valence-electron chi connectivity index (χ4n) is 2.31. The molecule has 1 aliphatic rings. The Kier molecular flexibility index (Phi) is 3.24. The summed E-state index contributed by atoms with van der Waals surface area (Å²) in [4.78, 5) is 25.8. The lowest BCUT2D eigenvalue weighted by molar-refractivity contribution is -0.141. The van der Waals surface area contributed by atoms with Crippen LogP contribution in [0.3, 0.4) is 0 Å². The van der Waals surface area contributed by atoms with Crippen molar-refractivity contribution in [2.45, 2.75) is 33.2 Å². The van der Waals surface area contributed by atoms with Crippen LogP contribution in [0, 0.1) is 5.41 Å². The second-order valence-corrected chi connectivity index (χ2v) is 5.85. The third-order valence-corrected chi connectivity index (χ3v) is 3.23. The Labute approximate surface area is 108 Å². The molecule has 0 saturated carbocycles. The van der Waals surface area contributed by atoms with Gasteiger partial charge in [0.1, 0.15) is 0 Å². The van der Waals surface area contributed by atoms with E-state index in [0.29, 0.717) is 6.42 Å². The van der Waals surface area contributed by atoms with Crippen molar-refractivity contribution < 1.29 is 9.59 Å². The van der Waals surface area contributed by atoms with Crippen molar-refractivity contribution >= 4 is 11.7 Å². The third kappa shape index (κ3) is 2.45. The number of Topliss-reactive ketones (excluding diaryl/α,β-unsaturated/α-hetero) is 1. The molecule has 0 aromatic heterocycles. The summed E-state index contributed by atoms with van der Waals surface area (Å²) < 4.78 is 0. The van der Waals surface area contributed by atoms with E-state index in [1.165, 1.54) is 0 Å². The van der Waals surface area contributed by atoms with Gasteiger partial charge in [-0.05, 0) is 5.56 Å². The van der Waals surface area contributed by atoms with Gasteiger partial charge in [-0.25, -0.2) is 0 Å². The van der Waals surface area contributed by atoms with Gasteiger partial charge in [0.05, 0.1) is 12.6 Å². The first-order chi connectivity index (χ1) is 8.39. The van der Waals surface area contributed by atoms with Crippen LogP contribution in [0.1, 0.15) is 38.8 Å². The monoisotopic (exact) mass is 245 g/mol. The topological polar surface area (TPSA) is 37.4 Å². The predicted molar refractivity (Wildman–Crippen MR) is 70.0 cm³/mol. The Bertz CT molecular complexity index is 459. The second kappa shape index (κ2) is 4.56. The molecular weight excluding hydrogens is 226 g/mol. The first kappa shape index (κ1) is 12.8. The van der Waals surface area contributed by atoms with Crippen molar-refractivity contribution in [3.8, 4) is 0 Å². The lowest BCUT2D eigenvalue weighted by Gasteiger charge is -2.30. The zero-order valence-electron chi connectivity index (χ0n) is 11.1. The highest BCUT2D eigenvalue weighted by Gasteiger charge is 2.39. The van der Waals surface area contributed by atoms with E-state index < -0.39 is 5.41 Å². The van der Waals surface area contributed by atoms with Crippen molar-refractivity contribution in [3.63, 3.8) is 0 Å². The van der Waals surface area contributed by atoms with Gasteiger partial charge in [0.2, 0.25) is 5.91 Å². The maximum Gasteiger partial charge on any atom is 0.228 e. The molecule has 0 bridgehead atoms. The van der Waals surface area contributed by atoms with Gasteiger partial charge in [-0.2, -0.15) is 0 Å². The molecule has 1 fully saturated rings. The van der Waals surface area contributed by atoms with Crippen molar-refractivity contribution in [2.75, 3.05) is 6.54 Å². The molecule has 1 saturated heterocycles. The van der Waals surface area contributed by atoms with Gasteiger partial charge in [0.25, 0.3) is 0 Å². The number of benzene rings is 1. The number of likely N-dealkylation sites (tertiary alicyclic amines) is 1. The van der Waals surface area contributed by atoms with Crippen molar-refractivity contribution in [1.82, 2.24) is 4.90 Å². The van der Waals surface area contributed by atoms with Gasteiger partial charge in [-0.3, -0.25) is 9.59 Å². The lowest BCUT2D eigenvalue weighted by atomic mass is 9.93. The number of amides is 1. The van der Waals surface area contributed by atoms with Crippen LogP contribution in [0.2, 0.25) is 0 Å². The number of carbonyl (C=O) groups excluding carboxylic acids is 2. The molecule has 3 heteroatoms. The maximum atomic E-state index is 12.4. The summed E-state index contributed by atoms with van der Waals surface area (Å²) in [6.07, 6.45) is 0.436. The average molecular weight is 245 g/mol. The predicted octanol–water partition coefficient (Wildman–Crippen LogP) is 2.58. The van der Waals surface area contributed by atoms with Gasteiger partial charge in [0.15, 0.2) is 5.78 Å². The van der Waals surface area contributed by atoms with Gasteiger partial charge in [0, 0.05) is 11.8 Å². The highest BCUT2D eigenvalue weighted by molar-refractivity contribution is 5.92. The summed E-state index contributed by atoms with van der Waals surface area (Å²) in [6, 6.07) is 9.69. The highest BCUT2D eigenvalue weighted by atomic mass is 16.2. The summed E-state index contributed by atoms with van der Waals surface area (Å²) in [7, 11) is 0. The minimum absolute atomic E-state index is 0.0437. The fourth-order valence-corrected chi connectivity index (χ4v) is 2.31. The maximum absolute atomic E-state index is 12.4. The molecule has 0 spiro atoms. The fraction of sp³-hybridized carbons (Fsp3) is 0.467. The van der Waals surface area contributed by atoms with Crippen LogP contribution in [-0.4, -0.2) is 23.1 Å². The molecule has 0 aliphatic carbocycles. The van der Waals surface area contributed by atoms with E-state index in [9.17, 15) is 9.59 Å². The van der Waals surface area contributed by atoms with Crippen molar-refractivity contribution in [1.29, 1.82) is 0 Å². The summed E-state index contributed by atoms with van der Waals surface area (Å²) in [5.41, 5.74) is 0.596. The molecule has 1 aromatic carbocycles. The van der Waals surface area contributed by atoms with Crippen molar-refractivity contribution in [3.05, 3.63) is 35.9 Å². The molecule has 1 amide bonds. The standard InChI is InChI=1S/C15H19NO2/c1-15(2,3)14(18)16-10-12(17)9-13(16)11-7-5-4-6-8-11/h4-8,13H,9-10H2,1-3H3. The second-order valence-electron chi connectivity index (χ2n) is 5.85. The van der Waals surface area contributed by atoms with Crippen LogP contribution < -0.4 is 0 Å². The van der Waals surface area contributed by atoms with Crippen LogP contribution in [0.15, 0.2) is 30.3 Å². The minimum atomic E-state index is -0.447. The molecule has 18 heavy (non-hydrogen) atoms. The van der Waals surface area contributed by atoms with Crippen LogP contribution >= 0.6 is 0 Å². The number of nitrogens with zero attached hydrogens (tertiary/aromatic N) is 1. The van der Waals surface area contributed by atoms with Gasteiger partial charge >= 0.3 is 0 Å². The molecule has 0 N–H and O–H groups in total. The zero-order valence-corrected chi connectivity index (χ0v) is 11.1. The van der Waals surface area contributed by atoms with Crippen LogP contribution in [0.5, 0.6) is 0 Å². The third-order valence-electron chi connectivity index (χ3n) is 3.23. The van der Waals surface area contributed by atoms with Crippen molar-refractivity contribution in [2.24, 2.45) is 5.41 Å². The molecule has 1 aliphatic heterocycles. The number of hydrogen-bond acceptors (Lipinski definition) is 2. The Balaban J connectivity index is 2.29. The molecule has 1 atom stereocenters. The Hall–Kier alpha value is -1.64. The normalized spacial score (nSPS) is 20.3. The molecule has 1 unspecified atom stereocenters. The van der Waals surface area contributed by atoms with Crippen LogP contribution in [-0.2, 0) is 9.59 Å². The molecule has 96 valence electrons. The molecule has 2 rings (SSSR count). The Morgan fingerprint density at radius 2 is 1.83 bits per heavy atom. The average Bonchev–Trinajstić information content (AvgIpc) is 2.70. The van der Waals surface area contributed by atoms with E-state index in [4.69, 9.17) is 0 Å². The van der Waals surface area contributed by atoms with Gasteiger partial charge in [-0.1, -0.05) is 51.1 Å².